The molecule has 1 aliphatic heterocycles. The van der Waals surface area contributed by atoms with Crippen LogP contribution in [0, 0.1) is 6.92 Å². The predicted octanol–water partition coefficient (Wildman–Crippen LogP) is 3.75. The fourth-order valence-electron chi connectivity index (χ4n) is 3.58. The van der Waals surface area contributed by atoms with Crippen molar-refractivity contribution in [1.29, 1.82) is 0 Å². The smallest absolute Gasteiger partial charge is 0.240 e. The minimum atomic E-state index is 0.00467. The summed E-state index contributed by atoms with van der Waals surface area (Å²) in [5, 5.41) is 3.63. The van der Waals surface area contributed by atoms with Crippen molar-refractivity contribution in [2.24, 2.45) is 0 Å². The number of para-hydroxylation sites is 1. The van der Waals surface area contributed by atoms with Gasteiger partial charge in [0.2, 0.25) is 5.91 Å². The number of aryl methyl sites for hydroxylation is 1. The van der Waals surface area contributed by atoms with Crippen LogP contribution in [0.25, 0.3) is 10.2 Å². The first-order valence-corrected chi connectivity index (χ1v) is 10.1. The van der Waals surface area contributed by atoms with Gasteiger partial charge in [0.1, 0.15) is 0 Å². The Morgan fingerprint density at radius 3 is 2.70 bits per heavy atom. The third-order valence-electron chi connectivity index (χ3n) is 4.98. The number of benzene rings is 2. The monoisotopic (exact) mass is 380 g/mol. The van der Waals surface area contributed by atoms with Gasteiger partial charge in [0.15, 0.2) is 5.13 Å². The van der Waals surface area contributed by atoms with E-state index >= 15 is 0 Å². The van der Waals surface area contributed by atoms with E-state index in [9.17, 15) is 4.79 Å². The van der Waals surface area contributed by atoms with Gasteiger partial charge in [-0.3, -0.25) is 9.69 Å². The maximum absolute atomic E-state index is 12.5. The van der Waals surface area contributed by atoms with Crippen molar-refractivity contribution in [3.63, 3.8) is 0 Å². The molecule has 0 aliphatic carbocycles. The molecule has 0 saturated carbocycles. The normalized spacial score (nSPS) is 18.0. The molecule has 5 nitrogen and oxygen atoms in total. The van der Waals surface area contributed by atoms with Gasteiger partial charge in [0.25, 0.3) is 0 Å². The first kappa shape index (κ1) is 17.9. The Kier molecular flexibility index (Phi) is 5.09. The SMILES string of the molecule is Cc1ccc(N2CCN(CC(=O)Nc3nc4ccccc4s3)C[C@H]2C)cc1. The average Bonchev–Trinajstić information content (AvgIpc) is 3.05. The summed E-state index contributed by atoms with van der Waals surface area (Å²) in [5.74, 6) is 0.00467. The van der Waals surface area contributed by atoms with Crippen LogP contribution in [0.5, 0.6) is 0 Å². The first-order valence-electron chi connectivity index (χ1n) is 9.29. The lowest BCUT2D eigenvalue weighted by Gasteiger charge is -2.41. The van der Waals surface area contributed by atoms with E-state index in [0.717, 1.165) is 29.9 Å². The fraction of sp³-hybridized carbons (Fsp3) is 0.333. The third-order valence-corrected chi connectivity index (χ3v) is 5.94. The molecular weight excluding hydrogens is 356 g/mol. The van der Waals surface area contributed by atoms with E-state index < -0.39 is 0 Å². The van der Waals surface area contributed by atoms with Crippen molar-refractivity contribution < 1.29 is 4.79 Å². The molecule has 1 saturated heterocycles. The highest BCUT2D eigenvalue weighted by Crippen LogP contribution is 2.25. The zero-order valence-corrected chi connectivity index (χ0v) is 16.5. The van der Waals surface area contributed by atoms with Crippen molar-refractivity contribution in [2.75, 3.05) is 36.4 Å². The Morgan fingerprint density at radius 1 is 1.19 bits per heavy atom. The van der Waals surface area contributed by atoms with Crippen LogP contribution >= 0.6 is 11.3 Å². The molecule has 0 unspecified atom stereocenters. The van der Waals surface area contributed by atoms with E-state index in [1.807, 2.05) is 24.3 Å². The topological polar surface area (TPSA) is 48.5 Å². The largest absolute Gasteiger partial charge is 0.366 e. The summed E-state index contributed by atoms with van der Waals surface area (Å²) in [7, 11) is 0. The van der Waals surface area contributed by atoms with E-state index in [1.54, 1.807) is 0 Å². The van der Waals surface area contributed by atoms with Crippen LogP contribution in [0.15, 0.2) is 48.5 Å². The molecule has 1 fully saturated rings. The van der Waals surface area contributed by atoms with Crippen molar-refractivity contribution in [3.8, 4) is 0 Å². The molecule has 4 rings (SSSR count). The Bertz CT molecular complexity index is 904. The van der Waals surface area contributed by atoms with Gasteiger partial charge < -0.3 is 10.2 Å². The number of anilines is 2. The van der Waals surface area contributed by atoms with Crippen LogP contribution in [0.1, 0.15) is 12.5 Å². The van der Waals surface area contributed by atoms with Gasteiger partial charge in [-0.05, 0) is 38.1 Å². The molecule has 2 heterocycles. The summed E-state index contributed by atoms with van der Waals surface area (Å²) in [4.78, 5) is 21.6. The number of hydrogen-bond acceptors (Lipinski definition) is 5. The highest BCUT2D eigenvalue weighted by atomic mass is 32.1. The minimum Gasteiger partial charge on any atom is -0.366 e. The summed E-state index contributed by atoms with van der Waals surface area (Å²) in [5.41, 5.74) is 3.46. The molecule has 2 aromatic carbocycles. The lowest BCUT2D eigenvalue weighted by Crippen LogP contribution is -2.53. The number of piperazine rings is 1. The maximum atomic E-state index is 12.5. The standard InChI is InChI=1S/C21H24N4OS/c1-15-7-9-17(10-8-15)25-12-11-24(13-16(25)2)14-20(26)23-21-22-18-5-3-4-6-19(18)27-21/h3-10,16H,11-14H2,1-2H3,(H,22,23,26)/t16-/m1/s1. The molecule has 1 atom stereocenters. The molecule has 27 heavy (non-hydrogen) atoms. The van der Waals surface area contributed by atoms with E-state index in [4.69, 9.17) is 0 Å². The van der Waals surface area contributed by atoms with Gasteiger partial charge in [0.05, 0.1) is 16.8 Å². The second-order valence-electron chi connectivity index (χ2n) is 7.15. The van der Waals surface area contributed by atoms with Crippen LogP contribution in [0.4, 0.5) is 10.8 Å². The van der Waals surface area contributed by atoms with Crippen molar-refractivity contribution in [1.82, 2.24) is 9.88 Å². The van der Waals surface area contributed by atoms with Crippen LogP contribution in [0.3, 0.4) is 0 Å². The summed E-state index contributed by atoms with van der Waals surface area (Å²) in [6, 6.07) is 17.0. The number of fused-ring (bicyclic) bond motifs is 1. The zero-order chi connectivity index (χ0) is 18.8. The van der Waals surface area contributed by atoms with E-state index in [0.29, 0.717) is 17.7 Å². The fourth-order valence-corrected chi connectivity index (χ4v) is 4.47. The molecule has 3 aromatic rings. The van der Waals surface area contributed by atoms with Gasteiger partial charge in [-0.25, -0.2) is 4.98 Å². The summed E-state index contributed by atoms with van der Waals surface area (Å²) < 4.78 is 1.09. The minimum absolute atomic E-state index is 0.00467. The highest BCUT2D eigenvalue weighted by Gasteiger charge is 2.25. The molecule has 1 amide bonds. The highest BCUT2D eigenvalue weighted by molar-refractivity contribution is 7.22. The van der Waals surface area contributed by atoms with Gasteiger partial charge in [-0.2, -0.15) is 0 Å². The van der Waals surface area contributed by atoms with Gasteiger partial charge in [-0.15, -0.1) is 0 Å². The number of carbonyl (C=O) groups is 1. The van der Waals surface area contributed by atoms with Crippen molar-refractivity contribution >= 4 is 38.3 Å². The first-order chi connectivity index (χ1) is 13.1. The molecule has 0 spiro atoms. The van der Waals surface area contributed by atoms with Crippen LogP contribution in [-0.4, -0.2) is 48.0 Å². The predicted molar refractivity (Wildman–Crippen MR) is 113 cm³/mol. The second-order valence-corrected chi connectivity index (χ2v) is 8.18. The number of carbonyl (C=O) groups excluding carboxylic acids is 1. The van der Waals surface area contributed by atoms with E-state index in [2.05, 4.69) is 58.2 Å². The number of amides is 1. The Balaban J connectivity index is 1.33. The average molecular weight is 381 g/mol. The van der Waals surface area contributed by atoms with Crippen molar-refractivity contribution in [3.05, 3.63) is 54.1 Å². The van der Waals surface area contributed by atoms with Crippen LogP contribution in [0.2, 0.25) is 0 Å². The molecule has 6 heteroatoms. The van der Waals surface area contributed by atoms with Crippen LogP contribution in [-0.2, 0) is 4.79 Å². The lowest BCUT2D eigenvalue weighted by atomic mass is 10.1. The van der Waals surface area contributed by atoms with Gasteiger partial charge in [0, 0.05) is 31.4 Å². The summed E-state index contributed by atoms with van der Waals surface area (Å²) in [6.07, 6.45) is 0. The zero-order valence-electron chi connectivity index (χ0n) is 15.7. The molecule has 0 bridgehead atoms. The molecule has 140 valence electrons. The van der Waals surface area contributed by atoms with E-state index in [-0.39, 0.29) is 5.91 Å². The molecule has 1 N–H and O–H groups in total. The Labute approximate surface area is 163 Å². The quantitative estimate of drug-likeness (QED) is 0.749. The number of aromatic nitrogens is 1. The maximum Gasteiger partial charge on any atom is 0.240 e. The number of nitrogens with one attached hydrogen (secondary N) is 1. The van der Waals surface area contributed by atoms with Crippen LogP contribution < -0.4 is 10.2 Å². The number of nitrogens with zero attached hydrogens (tertiary/aromatic N) is 3. The summed E-state index contributed by atoms with van der Waals surface area (Å²) in [6.45, 7) is 7.42. The lowest BCUT2D eigenvalue weighted by molar-refractivity contribution is -0.117. The molecular formula is C21H24N4OS. The summed E-state index contributed by atoms with van der Waals surface area (Å²) >= 11 is 1.52. The molecule has 1 aromatic heterocycles. The Morgan fingerprint density at radius 2 is 1.96 bits per heavy atom. The molecule has 0 radical (unpaired) electrons. The van der Waals surface area contributed by atoms with Gasteiger partial charge in [-0.1, -0.05) is 41.2 Å². The van der Waals surface area contributed by atoms with E-state index in [1.165, 1.54) is 22.6 Å². The van der Waals surface area contributed by atoms with Gasteiger partial charge >= 0.3 is 0 Å². The third kappa shape index (κ3) is 4.12. The number of rotatable bonds is 4. The molecule has 1 aliphatic rings. The number of thiazole rings is 1. The number of hydrogen-bond donors (Lipinski definition) is 1. The Hall–Kier alpha value is -2.44. The van der Waals surface area contributed by atoms with Crippen molar-refractivity contribution in [2.45, 2.75) is 19.9 Å². The second kappa shape index (κ2) is 7.66.